The van der Waals surface area contributed by atoms with Gasteiger partial charge in [-0.2, -0.15) is 0 Å². The Balaban J connectivity index is 1.12. The average Bonchev–Trinajstić information content (AvgIpc) is 3.68. The van der Waals surface area contributed by atoms with Gasteiger partial charge in [-0.1, -0.05) is 83.0 Å². The summed E-state index contributed by atoms with van der Waals surface area (Å²) in [5.41, 5.74) is 7.77. The summed E-state index contributed by atoms with van der Waals surface area (Å²) in [4.78, 5) is 24.4. The minimum atomic E-state index is 0.0698. The molecule has 2 aliphatic carbocycles. The van der Waals surface area contributed by atoms with Gasteiger partial charge in [-0.15, -0.1) is 0 Å². The molecule has 2 nitrogen and oxygen atoms in total. The molecule has 2 aliphatic rings. The first-order valence-electron chi connectivity index (χ1n) is 15.2. The van der Waals surface area contributed by atoms with E-state index in [-0.39, 0.29) is 10.2 Å². The molecular weight excluding hydrogens is 613 g/mol. The van der Waals surface area contributed by atoms with Crippen LogP contribution in [0.15, 0.2) is 130 Å². The fraction of sp³-hybridized carbons (Fsp3) is 0.116. The van der Waals surface area contributed by atoms with Gasteiger partial charge in [0.25, 0.3) is 0 Å². The Morgan fingerprint density at radius 2 is 0.702 bits per heavy atom. The molecule has 0 aromatic heterocycles. The molecule has 0 spiro atoms. The van der Waals surface area contributed by atoms with Crippen molar-refractivity contribution in [1.29, 1.82) is 0 Å². The first-order valence-corrected chi connectivity index (χ1v) is 16.8. The molecule has 4 aromatic rings. The number of allylic oxidation sites excluding steroid dienone is 4. The highest BCUT2D eigenvalue weighted by Crippen LogP contribution is 2.43. The van der Waals surface area contributed by atoms with Crippen LogP contribution in [0.1, 0.15) is 53.6 Å². The van der Waals surface area contributed by atoms with Gasteiger partial charge < -0.3 is 0 Å². The molecule has 0 aliphatic heterocycles. The second kappa shape index (κ2) is 14.8. The lowest BCUT2D eigenvalue weighted by molar-refractivity contribution is -0.109. The number of carbonyl (C=O) groups excluding carboxylic acids is 2. The summed E-state index contributed by atoms with van der Waals surface area (Å²) >= 11 is 2.44. The number of carbonyl (C=O) groups is 2. The van der Waals surface area contributed by atoms with Crippen molar-refractivity contribution in [3.05, 3.63) is 154 Å². The molecule has 4 aromatic carbocycles. The molecule has 47 heavy (non-hydrogen) atoms. The molecule has 2 atom stereocenters. The number of thioether (sulfide) groups is 2. The van der Waals surface area contributed by atoms with Crippen molar-refractivity contribution in [3.63, 3.8) is 0 Å². The number of benzene rings is 4. The summed E-state index contributed by atoms with van der Waals surface area (Å²) in [7, 11) is 0. The molecule has 0 N–H and O–H groups in total. The predicted molar refractivity (Wildman–Crippen MR) is 192 cm³/mol. The van der Waals surface area contributed by atoms with Gasteiger partial charge in [0.2, 0.25) is 0 Å². The summed E-state index contributed by atoms with van der Waals surface area (Å²) in [6, 6.07) is 31.4. The maximum Gasteiger partial charge on any atom is 0.190 e. The maximum atomic E-state index is 11.3. The monoisotopic (exact) mass is 640 g/mol. The molecule has 224 valence electrons. The fourth-order valence-corrected chi connectivity index (χ4v) is 6.44. The zero-order valence-corrected chi connectivity index (χ0v) is 27.5. The normalized spacial score (nSPS) is 15.3. The average molecular weight is 641 g/mol. The zero-order chi connectivity index (χ0) is 32.6. The minimum Gasteiger partial charge on any atom is -0.287 e. The molecule has 0 saturated carbocycles. The number of hydrogen-bond acceptors (Lipinski definition) is 4. The first kappa shape index (κ1) is 31.6. The summed E-state index contributed by atoms with van der Waals surface area (Å²) in [5.74, 6) is 27.0. The molecule has 0 fully saturated rings. The maximum absolute atomic E-state index is 11.3. The third-order valence-corrected chi connectivity index (χ3v) is 9.09. The van der Waals surface area contributed by atoms with E-state index in [9.17, 15) is 9.59 Å². The van der Waals surface area contributed by atoms with E-state index in [2.05, 4.69) is 59.5 Å². The van der Waals surface area contributed by atoms with Gasteiger partial charge in [-0.05, 0) is 103 Å². The predicted octanol–water partition coefficient (Wildman–Crippen LogP) is 8.67. The van der Waals surface area contributed by atoms with Crippen LogP contribution in [0, 0.1) is 59.2 Å². The van der Waals surface area contributed by atoms with Crippen molar-refractivity contribution in [2.45, 2.75) is 30.1 Å². The van der Waals surface area contributed by atoms with Crippen molar-refractivity contribution in [1.82, 2.24) is 0 Å². The lowest BCUT2D eigenvalue weighted by Gasteiger charge is -2.06. The van der Waals surface area contributed by atoms with Gasteiger partial charge in [-0.3, -0.25) is 9.59 Å². The molecule has 0 saturated heterocycles. The molecule has 4 heteroatoms. The highest BCUT2D eigenvalue weighted by molar-refractivity contribution is 8.13. The van der Waals surface area contributed by atoms with E-state index in [0.29, 0.717) is 11.8 Å². The van der Waals surface area contributed by atoms with Gasteiger partial charge in [0, 0.05) is 80.0 Å². The second-order valence-corrected chi connectivity index (χ2v) is 13.6. The SMILES string of the molecule is CC(=O)Sc1ccc(C#Cc2ccc(C#CC3=C(C#Cc4ccc(C#Cc5ccc(SC(C)=O)cc5)cc4)C4C=CC3C4)cc2)cc1. The molecule has 0 heterocycles. The van der Waals surface area contributed by atoms with Gasteiger partial charge in [0.15, 0.2) is 10.2 Å². The standard InChI is InChI=1S/C43H28O2S2/c1-30(44)46-40-23-15-36(16-24-40)13-7-32-3-9-34(10-4-32)19-27-42-38-21-22-39(29-38)43(42)28-20-35-11-5-33(6-12-35)8-14-37-17-25-41(26-18-37)47-31(2)45/h3-6,9-12,15-18,21-26,38-39H,29H2,1-2H3. The highest BCUT2D eigenvalue weighted by Gasteiger charge is 2.33. The molecule has 2 bridgehead atoms. The second-order valence-electron chi connectivity index (χ2n) is 11.1. The largest absolute Gasteiger partial charge is 0.287 e. The van der Waals surface area contributed by atoms with E-state index >= 15 is 0 Å². The summed E-state index contributed by atoms with van der Waals surface area (Å²) in [6.45, 7) is 3.12. The van der Waals surface area contributed by atoms with Crippen molar-refractivity contribution in [3.8, 4) is 47.4 Å². The van der Waals surface area contributed by atoms with Gasteiger partial charge in [0.1, 0.15) is 0 Å². The lowest BCUT2D eigenvalue weighted by Crippen LogP contribution is -1.95. The summed E-state index contributed by atoms with van der Waals surface area (Å²) in [5, 5.41) is 0.140. The van der Waals surface area contributed by atoms with Crippen LogP contribution in [0.3, 0.4) is 0 Å². The van der Waals surface area contributed by atoms with E-state index in [0.717, 1.165) is 60.7 Å². The summed E-state index contributed by atoms with van der Waals surface area (Å²) < 4.78 is 0. The van der Waals surface area contributed by atoms with Crippen LogP contribution in [0.5, 0.6) is 0 Å². The van der Waals surface area contributed by atoms with Gasteiger partial charge >= 0.3 is 0 Å². The van der Waals surface area contributed by atoms with Crippen molar-refractivity contribution < 1.29 is 9.59 Å². The van der Waals surface area contributed by atoms with Crippen molar-refractivity contribution in [2.24, 2.45) is 11.8 Å². The van der Waals surface area contributed by atoms with E-state index in [1.54, 1.807) is 13.8 Å². The molecular formula is C43H28O2S2. The van der Waals surface area contributed by atoms with E-state index < -0.39 is 0 Å². The van der Waals surface area contributed by atoms with E-state index in [1.807, 2.05) is 97.1 Å². The Morgan fingerprint density at radius 1 is 0.447 bits per heavy atom. The molecule has 2 unspecified atom stereocenters. The molecule has 0 amide bonds. The van der Waals surface area contributed by atoms with Gasteiger partial charge in [0.05, 0.1) is 0 Å². The van der Waals surface area contributed by atoms with E-state index in [4.69, 9.17) is 0 Å². The Labute approximate surface area is 285 Å². The van der Waals surface area contributed by atoms with Crippen LogP contribution < -0.4 is 0 Å². The van der Waals surface area contributed by atoms with Crippen LogP contribution >= 0.6 is 23.5 Å². The topological polar surface area (TPSA) is 34.1 Å². The van der Waals surface area contributed by atoms with Gasteiger partial charge in [-0.25, -0.2) is 0 Å². The number of fused-ring (bicyclic) bond motifs is 2. The van der Waals surface area contributed by atoms with Crippen LogP contribution in [-0.4, -0.2) is 10.2 Å². The number of hydrogen-bond donors (Lipinski definition) is 0. The van der Waals surface area contributed by atoms with Crippen molar-refractivity contribution >= 4 is 33.8 Å². The molecule has 6 rings (SSSR count). The van der Waals surface area contributed by atoms with Crippen LogP contribution in [0.2, 0.25) is 0 Å². The smallest absolute Gasteiger partial charge is 0.190 e. The van der Waals surface area contributed by atoms with Crippen LogP contribution in [0.4, 0.5) is 0 Å². The Bertz CT molecular complexity index is 2000. The Hall–Kier alpha value is -5.36. The van der Waals surface area contributed by atoms with Crippen molar-refractivity contribution in [2.75, 3.05) is 0 Å². The van der Waals surface area contributed by atoms with E-state index in [1.165, 1.54) is 23.5 Å². The minimum absolute atomic E-state index is 0.0698. The third kappa shape index (κ3) is 8.67. The summed E-state index contributed by atoms with van der Waals surface area (Å²) in [6.07, 6.45) is 5.56. The fourth-order valence-electron chi connectivity index (χ4n) is 5.23. The first-order chi connectivity index (χ1) is 22.9. The quantitative estimate of drug-likeness (QED) is 0.125. The lowest BCUT2D eigenvalue weighted by atomic mass is 9.97. The number of rotatable bonds is 2. The Kier molecular flexibility index (Phi) is 9.97. The Morgan fingerprint density at radius 3 is 0.979 bits per heavy atom. The van der Waals surface area contributed by atoms with Crippen LogP contribution in [0.25, 0.3) is 0 Å². The molecule has 0 radical (unpaired) electrons. The third-order valence-electron chi connectivity index (χ3n) is 7.50. The zero-order valence-electron chi connectivity index (χ0n) is 25.9. The van der Waals surface area contributed by atoms with Crippen LogP contribution in [-0.2, 0) is 9.59 Å². The highest BCUT2D eigenvalue weighted by atomic mass is 32.2.